The largest absolute Gasteiger partial charge is 0.493 e. The Hall–Kier alpha value is -1.39. The molecule has 1 aliphatic rings. The van der Waals surface area contributed by atoms with Crippen LogP contribution in [0, 0.1) is 5.92 Å². The van der Waals surface area contributed by atoms with Gasteiger partial charge in [0.2, 0.25) is 0 Å². The lowest BCUT2D eigenvalue weighted by Crippen LogP contribution is -2.47. The summed E-state index contributed by atoms with van der Waals surface area (Å²) in [5.74, 6) is 0.705. The van der Waals surface area contributed by atoms with Gasteiger partial charge in [0.15, 0.2) is 17.5 Å². The first kappa shape index (κ1) is 24.6. The minimum atomic E-state index is -4.09. The number of halogens is 4. The summed E-state index contributed by atoms with van der Waals surface area (Å²) in [5.41, 5.74) is 0. The van der Waals surface area contributed by atoms with Crippen LogP contribution in [0.1, 0.15) is 32.6 Å². The van der Waals surface area contributed by atoms with Gasteiger partial charge in [-0.3, -0.25) is 4.99 Å². The number of methoxy groups -OCH3 is 1. The zero-order valence-electron chi connectivity index (χ0n) is 16.4. The van der Waals surface area contributed by atoms with E-state index in [-0.39, 0.29) is 49.0 Å². The highest BCUT2D eigenvalue weighted by molar-refractivity contribution is 14.0. The predicted octanol–water partition coefficient (Wildman–Crippen LogP) is 4.37. The molecule has 0 saturated heterocycles. The molecule has 160 valence electrons. The van der Waals surface area contributed by atoms with E-state index in [9.17, 15) is 13.2 Å². The molecule has 0 bridgehead atoms. The van der Waals surface area contributed by atoms with Crippen LogP contribution in [0.2, 0.25) is 0 Å². The molecule has 0 spiro atoms. The number of nitrogens with one attached hydrogen (secondary N) is 2. The van der Waals surface area contributed by atoms with Crippen LogP contribution < -0.4 is 20.1 Å². The second kappa shape index (κ2) is 11.6. The average Bonchev–Trinajstić information content (AvgIpc) is 2.65. The number of para-hydroxylation sites is 2. The number of rotatable bonds is 6. The maximum Gasteiger partial charge on any atom is 0.391 e. The molecule has 0 aromatic heterocycles. The van der Waals surface area contributed by atoms with Crippen LogP contribution in [0.25, 0.3) is 0 Å². The molecule has 9 heteroatoms. The van der Waals surface area contributed by atoms with Crippen molar-refractivity contribution in [3.63, 3.8) is 0 Å². The van der Waals surface area contributed by atoms with Crippen LogP contribution in [-0.2, 0) is 0 Å². The summed E-state index contributed by atoms with van der Waals surface area (Å²) in [4.78, 5) is 4.15. The lowest BCUT2D eigenvalue weighted by Gasteiger charge is -2.31. The molecule has 28 heavy (non-hydrogen) atoms. The number of aliphatic imine (C=N–C) groups is 1. The quantitative estimate of drug-likeness (QED) is 0.336. The molecule has 0 aliphatic heterocycles. The number of benzene rings is 1. The molecule has 1 saturated carbocycles. The van der Waals surface area contributed by atoms with Gasteiger partial charge in [0.1, 0.15) is 6.10 Å². The smallest absolute Gasteiger partial charge is 0.391 e. The molecule has 1 aromatic rings. The van der Waals surface area contributed by atoms with Gasteiger partial charge in [-0.05, 0) is 44.7 Å². The van der Waals surface area contributed by atoms with Crippen molar-refractivity contribution in [2.45, 2.75) is 50.9 Å². The minimum Gasteiger partial charge on any atom is -0.493 e. The van der Waals surface area contributed by atoms with Crippen molar-refractivity contribution in [1.82, 2.24) is 10.6 Å². The van der Waals surface area contributed by atoms with Crippen LogP contribution in [0.3, 0.4) is 0 Å². The standard InChI is InChI=1S/C19H28F3N3O2.HI/c1-13(27-17-7-5-4-6-16(17)26-3)12-24-18(23-2)25-15-10-8-14(9-11-15)19(20,21)22;/h4-7,13-15H,8-12H2,1-3H3,(H2,23,24,25);1H. The zero-order valence-corrected chi connectivity index (χ0v) is 18.7. The van der Waals surface area contributed by atoms with Crippen molar-refractivity contribution >= 4 is 29.9 Å². The highest BCUT2D eigenvalue weighted by Crippen LogP contribution is 2.37. The second-order valence-corrected chi connectivity index (χ2v) is 6.77. The van der Waals surface area contributed by atoms with E-state index < -0.39 is 12.1 Å². The van der Waals surface area contributed by atoms with Crippen molar-refractivity contribution in [3.05, 3.63) is 24.3 Å². The van der Waals surface area contributed by atoms with Gasteiger partial charge in [-0.1, -0.05) is 12.1 Å². The molecule has 0 amide bonds. The molecule has 1 fully saturated rings. The maximum atomic E-state index is 12.8. The van der Waals surface area contributed by atoms with E-state index in [1.165, 1.54) is 0 Å². The van der Waals surface area contributed by atoms with Gasteiger partial charge < -0.3 is 20.1 Å². The molecule has 0 radical (unpaired) electrons. The molecule has 1 unspecified atom stereocenters. The third kappa shape index (κ3) is 7.56. The van der Waals surface area contributed by atoms with Crippen LogP contribution in [0.5, 0.6) is 11.5 Å². The Balaban J connectivity index is 0.00000392. The Morgan fingerprint density at radius 1 is 1.18 bits per heavy atom. The summed E-state index contributed by atoms with van der Waals surface area (Å²) in [6.45, 7) is 2.41. The highest BCUT2D eigenvalue weighted by atomic mass is 127. The van der Waals surface area contributed by atoms with Gasteiger partial charge in [0.25, 0.3) is 0 Å². The summed E-state index contributed by atoms with van der Waals surface area (Å²) in [7, 11) is 3.23. The van der Waals surface area contributed by atoms with Gasteiger partial charge in [-0.2, -0.15) is 13.2 Å². The molecule has 1 atom stereocenters. The van der Waals surface area contributed by atoms with E-state index in [4.69, 9.17) is 9.47 Å². The van der Waals surface area contributed by atoms with E-state index in [0.29, 0.717) is 36.8 Å². The number of hydrogen-bond donors (Lipinski definition) is 2. The molecule has 1 aliphatic carbocycles. The summed E-state index contributed by atoms with van der Waals surface area (Å²) in [5, 5.41) is 6.38. The molecule has 0 heterocycles. The van der Waals surface area contributed by atoms with Crippen molar-refractivity contribution < 1.29 is 22.6 Å². The van der Waals surface area contributed by atoms with Gasteiger partial charge in [-0.25, -0.2) is 0 Å². The lowest BCUT2D eigenvalue weighted by molar-refractivity contribution is -0.182. The summed E-state index contributed by atoms with van der Waals surface area (Å²) in [6, 6.07) is 7.40. The van der Waals surface area contributed by atoms with Crippen molar-refractivity contribution in [3.8, 4) is 11.5 Å². The molecular weight excluding hydrogens is 486 g/mol. The predicted molar refractivity (Wildman–Crippen MR) is 115 cm³/mol. The van der Waals surface area contributed by atoms with Crippen LogP contribution in [-0.4, -0.2) is 45.0 Å². The van der Waals surface area contributed by atoms with Crippen molar-refractivity contribution in [2.75, 3.05) is 20.7 Å². The molecular formula is C19H29F3IN3O2. The highest BCUT2D eigenvalue weighted by Gasteiger charge is 2.41. The normalized spacial score (nSPS) is 21.3. The van der Waals surface area contributed by atoms with Gasteiger partial charge in [0.05, 0.1) is 19.6 Å². The van der Waals surface area contributed by atoms with Crippen LogP contribution in [0.15, 0.2) is 29.3 Å². The summed E-state index contributed by atoms with van der Waals surface area (Å²) in [6.07, 6.45) is -2.95. The number of hydrogen-bond acceptors (Lipinski definition) is 3. The fourth-order valence-electron chi connectivity index (χ4n) is 3.17. The van der Waals surface area contributed by atoms with Gasteiger partial charge >= 0.3 is 6.18 Å². The number of ether oxygens (including phenoxy) is 2. The summed E-state index contributed by atoms with van der Waals surface area (Å²) >= 11 is 0. The topological polar surface area (TPSA) is 54.9 Å². The van der Waals surface area contributed by atoms with E-state index >= 15 is 0 Å². The fourth-order valence-corrected chi connectivity index (χ4v) is 3.17. The van der Waals surface area contributed by atoms with E-state index in [1.807, 2.05) is 31.2 Å². The Morgan fingerprint density at radius 2 is 1.79 bits per heavy atom. The monoisotopic (exact) mass is 515 g/mol. The average molecular weight is 515 g/mol. The molecule has 1 aromatic carbocycles. The van der Waals surface area contributed by atoms with Crippen LogP contribution in [0.4, 0.5) is 13.2 Å². The molecule has 2 rings (SSSR count). The first-order valence-corrected chi connectivity index (χ1v) is 9.17. The first-order chi connectivity index (χ1) is 12.8. The van der Waals surface area contributed by atoms with Crippen molar-refractivity contribution in [1.29, 1.82) is 0 Å². The maximum absolute atomic E-state index is 12.8. The Kier molecular flexibility index (Phi) is 10.2. The Bertz CT molecular complexity index is 621. The van der Waals surface area contributed by atoms with E-state index in [2.05, 4.69) is 15.6 Å². The number of alkyl halides is 3. The SMILES string of the molecule is CN=C(NCC(C)Oc1ccccc1OC)NC1CCC(C(F)(F)F)CC1.I. The fraction of sp³-hybridized carbons (Fsp3) is 0.632. The minimum absolute atomic E-state index is 0. The van der Waals surface area contributed by atoms with Gasteiger partial charge in [-0.15, -0.1) is 24.0 Å². The Morgan fingerprint density at radius 3 is 2.32 bits per heavy atom. The third-order valence-corrected chi connectivity index (χ3v) is 4.71. The third-order valence-electron chi connectivity index (χ3n) is 4.71. The summed E-state index contributed by atoms with van der Waals surface area (Å²) < 4.78 is 49.4. The van der Waals surface area contributed by atoms with Crippen LogP contribution >= 0.6 is 24.0 Å². The Labute approximate surface area is 181 Å². The molecule has 2 N–H and O–H groups in total. The zero-order chi connectivity index (χ0) is 19.9. The van der Waals surface area contributed by atoms with E-state index in [1.54, 1.807) is 14.2 Å². The van der Waals surface area contributed by atoms with Crippen molar-refractivity contribution in [2.24, 2.45) is 10.9 Å². The first-order valence-electron chi connectivity index (χ1n) is 9.17. The van der Waals surface area contributed by atoms with E-state index in [0.717, 1.165) is 0 Å². The molecule has 5 nitrogen and oxygen atoms in total. The number of nitrogens with zero attached hydrogens (tertiary/aromatic N) is 1. The van der Waals surface area contributed by atoms with Gasteiger partial charge in [0, 0.05) is 13.1 Å². The second-order valence-electron chi connectivity index (χ2n) is 6.77. The lowest BCUT2D eigenvalue weighted by atomic mass is 9.85. The number of guanidine groups is 1.